The van der Waals surface area contributed by atoms with E-state index in [1.807, 2.05) is 0 Å². The molecule has 1 aliphatic heterocycles. The molecule has 0 saturated heterocycles. The van der Waals surface area contributed by atoms with Crippen LogP contribution in [-0.2, 0) is 6.42 Å². The maximum Gasteiger partial charge on any atom is 0.200 e. The molecule has 0 fully saturated rings. The molecular formula is C9H8F2O. The highest BCUT2D eigenvalue weighted by Crippen LogP contribution is 2.32. The van der Waals surface area contributed by atoms with Gasteiger partial charge in [-0.1, -0.05) is 0 Å². The molecule has 0 atom stereocenters. The van der Waals surface area contributed by atoms with Crippen molar-refractivity contribution in [2.45, 2.75) is 13.3 Å². The third-order valence-electron chi connectivity index (χ3n) is 2.10. The van der Waals surface area contributed by atoms with Crippen LogP contribution in [0.25, 0.3) is 0 Å². The Kier molecular flexibility index (Phi) is 1.53. The number of hydrogen-bond donors (Lipinski definition) is 0. The molecule has 0 saturated carbocycles. The van der Waals surface area contributed by atoms with Crippen LogP contribution in [0.5, 0.6) is 5.75 Å². The van der Waals surface area contributed by atoms with E-state index in [0.29, 0.717) is 13.0 Å². The van der Waals surface area contributed by atoms with E-state index in [1.54, 1.807) is 6.92 Å². The van der Waals surface area contributed by atoms with Crippen molar-refractivity contribution in [2.75, 3.05) is 6.61 Å². The van der Waals surface area contributed by atoms with Gasteiger partial charge in [-0.15, -0.1) is 0 Å². The van der Waals surface area contributed by atoms with E-state index in [4.69, 9.17) is 4.74 Å². The average Bonchev–Trinajstić information content (AvgIpc) is 2.48. The second-order valence-electron chi connectivity index (χ2n) is 2.90. The van der Waals surface area contributed by atoms with Crippen molar-refractivity contribution in [3.63, 3.8) is 0 Å². The van der Waals surface area contributed by atoms with E-state index in [9.17, 15) is 8.78 Å². The van der Waals surface area contributed by atoms with E-state index in [0.717, 1.165) is 11.1 Å². The van der Waals surface area contributed by atoms with Crippen molar-refractivity contribution in [2.24, 2.45) is 0 Å². The summed E-state index contributed by atoms with van der Waals surface area (Å²) in [6.45, 7) is 2.21. The third kappa shape index (κ3) is 0.891. The predicted molar refractivity (Wildman–Crippen MR) is 40.3 cm³/mol. The minimum atomic E-state index is -0.854. The van der Waals surface area contributed by atoms with Gasteiger partial charge in [-0.25, -0.2) is 4.39 Å². The highest BCUT2D eigenvalue weighted by atomic mass is 19.2. The van der Waals surface area contributed by atoms with Crippen molar-refractivity contribution in [1.82, 2.24) is 0 Å². The highest BCUT2D eigenvalue weighted by Gasteiger charge is 2.22. The Morgan fingerprint density at radius 2 is 2.17 bits per heavy atom. The molecule has 0 N–H and O–H groups in total. The fraction of sp³-hybridized carbons (Fsp3) is 0.333. The summed E-state index contributed by atoms with van der Waals surface area (Å²) in [4.78, 5) is 0. The van der Waals surface area contributed by atoms with E-state index >= 15 is 0 Å². The SMILES string of the molecule is Cc1cc(F)c(F)c2c1CCO2. The lowest BCUT2D eigenvalue weighted by atomic mass is 10.1. The summed E-state index contributed by atoms with van der Waals surface area (Å²) in [5.41, 5.74) is 1.57. The molecule has 12 heavy (non-hydrogen) atoms. The van der Waals surface area contributed by atoms with Gasteiger partial charge in [0, 0.05) is 12.0 Å². The Morgan fingerprint density at radius 3 is 2.92 bits per heavy atom. The number of fused-ring (bicyclic) bond motifs is 1. The van der Waals surface area contributed by atoms with Gasteiger partial charge in [-0.3, -0.25) is 0 Å². The molecule has 0 aromatic heterocycles. The molecule has 1 aromatic carbocycles. The molecule has 0 amide bonds. The van der Waals surface area contributed by atoms with Crippen LogP contribution in [0.1, 0.15) is 11.1 Å². The summed E-state index contributed by atoms with van der Waals surface area (Å²) in [5, 5.41) is 0. The molecule has 0 spiro atoms. The Bertz CT molecular complexity index is 334. The second-order valence-corrected chi connectivity index (χ2v) is 2.90. The molecule has 0 bridgehead atoms. The molecule has 3 heteroatoms. The molecule has 1 nitrogen and oxygen atoms in total. The summed E-state index contributed by atoms with van der Waals surface area (Å²) in [5.74, 6) is -1.58. The lowest BCUT2D eigenvalue weighted by Crippen LogP contribution is -1.92. The normalized spacial score (nSPS) is 14.2. The average molecular weight is 170 g/mol. The zero-order valence-corrected chi connectivity index (χ0v) is 6.66. The second kappa shape index (κ2) is 2.44. The Labute approximate surface area is 69.0 Å². The van der Waals surface area contributed by atoms with Crippen molar-refractivity contribution in [3.05, 3.63) is 28.8 Å². The highest BCUT2D eigenvalue weighted by molar-refractivity contribution is 5.43. The smallest absolute Gasteiger partial charge is 0.200 e. The van der Waals surface area contributed by atoms with Gasteiger partial charge < -0.3 is 4.74 Å². The number of ether oxygens (including phenoxy) is 1. The summed E-state index contributed by atoms with van der Waals surface area (Å²) in [7, 11) is 0. The van der Waals surface area contributed by atoms with Gasteiger partial charge in [0.15, 0.2) is 11.6 Å². The molecule has 0 radical (unpaired) electrons. The van der Waals surface area contributed by atoms with E-state index in [-0.39, 0.29) is 5.75 Å². The van der Waals surface area contributed by atoms with Gasteiger partial charge in [-0.2, -0.15) is 4.39 Å². The fourth-order valence-corrected chi connectivity index (χ4v) is 1.48. The van der Waals surface area contributed by atoms with Gasteiger partial charge in [0.05, 0.1) is 6.61 Å². The number of hydrogen-bond acceptors (Lipinski definition) is 1. The molecule has 64 valence electrons. The number of benzene rings is 1. The van der Waals surface area contributed by atoms with Crippen LogP contribution in [0, 0.1) is 18.6 Å². The summed E-state index contributed by atoms with van der Waals surface area (Å²) in [6, 6.07) is 1.21. The number of rotatable bonds is 0. The summed E-state index contributed by atoms with van der Waals surface area (Å²) < 4.78 is 30.7. The molecular weight excluding hydrogens is 162 g/mol. The van der Waals surface area contributed by atoms with Crippen molar-refractivity contribution in [3.8, 4) is 5.75 Å². The quantitative estimate of drug-likeness (QED) is 0.580. The van der Waals surface area contributed by atoms with Crippen LogP contribution in [0.3, 0.4) is 0 Å². The first-order valence-corrected chi connectivity index (χ1v) is 3.80. The van der Waals surface area contributed by atoms with Crippen molar-refractivity contribution >= 4 is 0 Å². The molecule has 0 unspecified atom stereocenters. The first-order chi connectivity index (χ1) is 5.70. The first kappa shape index (κ1) is 7.53. The van der Waals surface area contributed by atoms with E-state index in [2.05, 4.69) is 0 Å². The standard InChI is InChI=1S/C9H8F2O/c1-5-4-7(10)8(11)9-6(5)2-3-12-9/h4H,2-3H2,1H3. The Hall–Kier alpha value is -1.12. The maximum absolute atomic E-state index is 13.0. The third-order valence-corrected chi connectivity index (χ3v) is 2.10. The van der Waals surface area contributed by atoms with Gasteiger partial charge >= 0.3 is 0 Å². The number of halogens is 2. The molecule has 1 aliphatic rings. The van der Waals surface area contributed by atoms with Gasteiger partial charge in [0.1, 0.15) is 0 Å². The molecule has 2 rings (SSSR count). The molecule has 0 aliphatic carbocycles. The maximum atomic E-state index is 13.0. The summed E-state index contributed by atoms with van der Waals surface area (Å²) in [6.07, 6.45) is 0.679. The largest absolute Gasteiger partial charge is 0.490 e. The van der Waals surface area contributed by atoms with E-state index in [1.165, 1.54) is 6.07 Å². The van der Waals surface area contributed by atoms with Crippen LogP contribution in [0.15, 0.2) is 6.07 Å². The van der Waals surface area contributed by atoms with Crippen LogP contribution in [0.2, 0.25) is 0 Å². The van der Waals surface area contributed by atoms with Crippen LogP contribution in [0.4, 0.5) is 8.78 Å². The van der Waals surface area contributed by atoms with E-state index < -0.39 is 11.6 Å². The van der Waals surface area contributed by atoms with Gasteiger partial charge in [-0.05, 0) is 18.6 Å². The van der Waals surface area contributed by atoms with Gasteiger partial charge in [0.2, 0.25) is 5.82 Å². The molecule has 1 aromatic rings. The minimum Gasteiger partial charge on any atom is -0.490 e. The van der Waals surface area contributed by atoms with Crippen molar-refractivity contribution in [1.29, 1.82) is 0 Å². The van der Waals surface area contributed by atoms with Crippen molar-refractivity contribution < 1.29 is 13.5 Å². The fourth-order valence-electron chi connectivity index (χ4n) is 1.48. The topological polar surface area (TPSA) is 9.23 Å². The monoisotopic (exact) mass is 170 g/mol. The molecule has 1 heterocycles. The predicted octanol–water partition coefficient (Wildman–Crippen LogP) is 2.21. The van der Waals surface area contributed by atoms with Crippen LogP contribution >= 0.6 is 0 Å². The Morgan fingerprint density at radius 1 is 1.42 bits per heavy atom. The lowest BCUT2D eigenvalue weighted by Gasteiger charge is -2.03. The summed E-state index contributed by atoms with van der Waals surface area (Å²) >= 11 is 0. The zero-order chi connectivity index (χ0) is 8.72. The zero-order valence-electron chi connectivity index (χ0n) is 6.66. The first-order valence-electron chi connectivity index (χ1n) is 3.80. The lowest BCUT2D eigenvalue weighted by molar-refractivity contribution is 0.332. The number of aryl methyl sites for hydroxylation is 1. The minimum absolute atomic E-state index is 0.104. The Balaban J connectivity index is 2.69. The van der Waals surface area contributed by atoms with Crippen LogP contribution in [-0.4, -0.2) is 6.61 Å². The van der Waals surface area contributed by atoms with Gasteiger partial charge in [0.25, 0.3) is 0 Å². The van der Waals surface area contributed by atoms with Crippen LogP contribution < -0.4 is 4.74 Å².